The Bertz CT molecular complexity index is 863. The number of nitrogens with zero attached hydrogens (tertiary/aromatic N) is 4. The van der Waals surface area contributed by atoms with Gasteiger partial charge in [-0.25, -0.2) is 8.42 Å². The molecule has 0 aliphatic carbocycles. The topological polar surface area (TPSA) is 77.2 Å². The van der Waals surface area contributed by atoms with Crippen molar-refractivity contribution in [2.24, 2.45) is 0 Å². The molecule has 0 aromatic carbocycles. The number of rotatable bonds is 2. The van der Waals surface area contributed by atoms with Crippen LogP contribution < -0.4 is 0 Å². The Morgan fingerprint density at radius 3 is 2.95 bits per heavy atom. The van der Waals surface area contributed by atoms with E-state index in [1.165, 1.54) is 11.3 Å². The number of sulfone groups is 1. The number of hydrogen-bond donors (Lipinski definition) is 0. The molecule has 1 aliphatic rings. The lowest BCUT2D eigenvalue weighted by Gasteiger charge is -2.00. The zero-order valence-corrected chi connectivity index (χ0v) is 12.7. The first-order valence-corrected chi connectivity index (χ1v) is 9.65. The Kier molecular flexibility index (Phi) is 2.69. The van der Waals surface area contributed by atoms with Crippen LogP contribution in [0.5, 0.6) is 0 Å². The third-order valence-electron chi connectivity index (χ3n) is 3.37. The summed E-state index contributed by atoms with van der Waals surface area (Å²) in [5, 5.41) is 17.6. The third kappa shape index (κ3) is 1.97. The van der Waals surface area contributed by atoms with Gasteiger partial charge < -0.3 is 0 Å². The molecule has 0 spiro atoms. The summed E-state index contributed by atoms with van der Waals surface area (Å²) in [6.45, 7) is 0. The van der Waals surface area contributed by atoms with E-state index in [0.717, 1.165) is 10.6 Å². The average Bonchev–Trinajstić information content (AvgIpc) is 3.08. The molecule has 1 aliphatic heterocycles. The molecule has 1 saturated heterocycles. The van der Waals surface area contributed by atoms with Gasteiger partial charge in [-0.15, -0.1) is 10.2 Å². The summed E-state index contributed by atoms with van der Waals surface area (Å²) in [5.41, 5.74) is 0.985. The van der Waals surface area contributed by atoms with Crippen LogP contribution in [0, 0.1) is 0 Å². The summed E-state index contributed by atoms with van der Waals surface area (Å²) in [4.78, 5) is 0.713. The second-order valence-corrected chi connectivity index (χ2v) is 8.77. The van der Waals surface area contributed by atoms with E-state index in [1.807, 2.05) is 16.8 Å². The maximum atomic E-state index is 11.6. The predicted octanol–water partition coefficient (Wildman–Crippen LogP) is 1.82. The third-order valence-corrected chi connectivity index (χ3v) is 6.88. The SMILES string of the molecule is O=S1(=O)CCC(c2nn3c(-c4ccsc4)nnc3s2)C1. The van der Waals surface area contributed by atoms with E-state index in [4.69, 9.17) is 0 Å². The molecule has 1 fully saturated rings. The van der Waals surface area contributed by atoms with Gasteiger partial charge in [0.15, 0.2) is 15.7 Å². The van der Waals surface area contributed by atoms with E-state index in [-0.39, 0.29) is 17.4 Å². The molecule has 3 aromatic rings. The molecular weight excluding hydrogens is 316 g/mol. The highest BCUT2D eigenvalue weighted by Gasteiger charge is 2.32. The van der Waals surface area contributed by atoms with Crippen LogP contribution in [-0.2, 0) is 9.84 Å². The van der Waals surface area contributed by atoms with Crippen LogP contribution >= 0.6 is 22.7 Å². The van der Waals surface area contributed by atoms with Gasteiger partial charge in [0.1, 0.15) is 5.01 Å². The van der Waals surface area contributed by atoms with Crippen LogP contribution in [0.25, 0.3) is 16.3 Å². The molecule has 0 bridgehead atoms. The fraction of sp³-hybridized carbons (Fsp3) is 0.364. The Morgan fingerprint density at radius 1 is 1.35 bits per heavy atom. The smallest absolute Gasteiger partial charge is 0.229 e. The molecule has 3 aromatic heterocycles. The summed E-state index contributed by atoms with van der Waals surface area (Å²) >= 11 is 3.02. The van der Waals surface area contributed by atoms with Crippen LogP contribution in [0.2, 0.25) is 0 Å². The number of fused-ring (bicyclic) bond motifs is 1. The molecule has 9 heteroatoms. The van der Waals surface area contributed by atoms with Crippen molar-refractivity contribution in [3.63, 3.8) is 0 Å². The van der Waals surface area contributed by atoms with Crippen LogP contribution in [0.3, 0.4) is 0 Å². The van der Waals surface area contributed by atoms with Crippen LogP contribution in [0.15, 0.2) is 16.8 Å². The highest BCUT2D eigenvalue weighted by molar-refractivity contribution is 7.91. The number of thiophene rings is 1. The van der Waals surface area contributed by atoms with Crippen LogP contribution in [-0.4, -0.2) is 39.7 Å². The molecule has 1 unspecified atom stereocenters. The van der Waals surface area contributed by atoms with E-state index in [0.29, 0.717) is 17.2 Å². The second-order valence-electron chi connectivity index (χ2n) is 4.77. The number of hydrogen-bond acceptors (Lipinski definition) is 7. The van der Waals surface area contributed by atoms with Crippen molar-refractivity contribution in [1.82, 2.24) is 19.8 Å². The van der Waals surface area contributed by atoms with Gasteiger partial charge in [0.25, 0.3) is 0 Å². The molecule has 6 nitrogen and oxygen atoms in total. The highest BCUT2D eigenvalue weighted by Crippen LogP contribution is 2.32. The monoisotopic (exact) mass is 326 g/mol. The standard InChI is InChI=1S/C11H10N4O2S3/c16-20(17)4-2-8(6-20)10-14-15-9(7-1-3-18-5-7)12-13-11(15)19-10/h1,3,5,8H,2,4,6H2. The van der Waals surface area contributed by atoms with E-state index in [1.54, 1.807) is 15.9 Å². The van der Waals surface area contributed by atoms with E-state index >= 15 is 0 Å². The molecule has 104 valence electrons. The Balaban J connectivity index is 1.77. The van der Waals surface area contributed by atoms with Gasteiger partial charge in [-0.05, 0) is 17.9 Å². The largest absolute Gasteiger partial charge is 0.234 e. The van der Waals surface area contributed by atoms with E-state index in [2.05, 4.69) is 15.3 Å². The molecule has 20 heavy (non-hydrogen) atoms. The fourth-order valence-corrected chi connectivity index (χ4v) is 5.82. The minimum absolute atomic E-state index is 0.00187. The van der Waals surface area contributed by atoms with Gasteiger partial charge in [-0.1, -0.05) is 11.3 Å². The van der Waals surface area contributed by atoms with Crippen molar-refractivity contribution in [3.05, 3.63) is 21.8 Å². The van der Waals surface area contributed by atoms with Crippen molar-refractivity contribution in [1.29, 1.82) is 0 Å². The first-order valence-electron chi connectivity index (χ1n) is 6.07. The second kappa shape index (κ2) is 4.34. The number of aromatic nitrogens is 4. The van der Waals surface area contributed by atoms with Gasteiger partial charge >= 0.3 is 0 Å². The van der Waals surface area contributed by atoms with Crippen molar-refractivity contribution >= 4 is 37.5 Å². The van der Waals surface area contributed by atoms with Gasteiger partial charge in [-0.3, -0.25) is 0 Å². The lowest BCUT2D eigenvalue weighted by atomic mass is 10.1. The summed E-state index contributed by atoms with van der Waals surface area (Å²) in [6.07, 6.45) is 0.653. The van der Waals surface area contributed by atoms with Crippen molar-refractivity contribution < 1.29 is 8.42 Å². The Morgan fingerprint density at radius 2 is 2.25 bits per heavy atom. The predicted molar refractivity (Wildman–Crippen MR) is 78.0 cm³/mol. The van der Waals surface area contributed by atoms with Crippen molar-refractivity contribution in [3.8, 4) is 11.4 Å². The van der Waals surface area contributed by atoms with Crippen molar-refractivity contribution in [2.45, 2.75) is 12.3 Å². The average molecular weight is 326 g/mol. The summed E-state index contributed by atoms with van der Waals surface area (Å²) in [7, 11) is -2.89. The molecule has 1 atom stereocenters. The Hall–Kier alpha value is -1.32. The van der Waals surface area contributed by atoms with Crippen molar-refractivity contribution in [2.75, 3.05) is 11.5 Å². The summed E-state index contributed by atoms with van der Waals surface area (Å²) < 4.78 is 24.8. The van der Waals surface area contributed by atoms with E-state index < -0.39 is 9.84 Å². The molecule has 4 rings (SSSR count). The lowest BCUT2D eigenvalue weighted by molar-refractivity contribution is 0.601. The van der Waals surface area contributed by atoms with Gasteiger partial charge in [-0.2, -0.15) is 21.0 Å². The first-order chi connectivity index (χ1) is 9.62. The summed E-state index contributed by atoms with van der Waals surface area (Å²) in [5.74, 6) is 1.17. The van der Waals surface area contributed by atoms with Gasteiger partial charge in [0, 0.05) is 16.9 Å². The molecular formula is C11H10N4O2S3. The highest BCUT2D eigenvalue weighted by atomic mass is 32.2. The quantitative estimate of drug-likeness (QED) is 0.718. The maximum absolute atomic E-state index is 11.6. The van der Waals surface area contributed by atoms with Gasteiger partial charge in [0.2, 0.25) is 4.96 Å². The van der Waals surface area contributed by atoms with Crippen LogP contribution in [0.1, 0.15) is 17.3 Å². The summed E-state index contributed by atoms with van der Waals surface area (Å²) in [6, 6.07) is 1.97. The molecule has 0 N–H and O–H groups in total. The zero-order valence-electron chi connectivity index (χ0n) is 10.3. The minimum Gasteiger partial charge on any atom is -0.229 e. The lowest BCUT2D eigenvalue weighted by Crippen LogP contribution is -2.04. The molecule has 4 heterocycles. The normalized spacial score (nSPS) is 21.7. The maximum Gasteiger partial charge on any atom is 0.234 e. The van der Waals surface area contributed by atoms with Crippen LogP contribution in [0.4, 0.5) is 0 Å². The molecule has 0 saturated carbocycles. The minimum atomic E-state index is -2.89. The zero-order chi connectivity index (χ0) is 13.7. The van der Waals surface area contributed by atoms with E-state index in [9.17, 15) is 8.42 Å². The first kappa shape index (κ1) is 12.4. The Labute approximate surface area is 123 Å². The molecule has 0 radical (unpaired) electrons. The van der Waals surface area contributed by atoms with Gasteiger partial charge in [0.05, 0.1) is 11.5 Å². The molecule has 0 amide bonds. The fourth-order valence-electron chi connectivity index (χ4n) is 2.36.